The van der Waals surface area contributed by atoms with Gasteiger partial charge in [0.25, 0.3) is 0 Å². The molecule has 1 aliphatic rings. The molecule has 3 heterocycles. The number of methoxy groups -OCH3 is 1. The number of carbonyl (C=O) groups excluding carboxylic acids is 1. The molecule has 2 aromatic carbocycles. The van der Waals surface area contributed by atoms with Crippen molar-refractivity contribution in [2.75, 3.05) is 13.9 Å². The number of pyridine rings is 1. The van der Waals surface area contributed by atoms with Crippen LogP contribution < -0.4 is 19.5 Å². The number of fused-ring (bicyclic) bond motifs is 1. The number of imidazole rings is 1. The topological polar surface area (TPSA) is 98.4 Å². The van der Waals surface area contributed by atoms with Gasteiger partial charge in [-0.15, -0.1) is 0 Å². The van der Waals surface area contributed by atoms with Gasteiger partial charge in [0.15, 0.2) is 11.5 Å². The summed E-state index contributed by atoms with van der Waals surface area (Å²) in [6.45, 7) is 2.41. The maximum Gasteiger partial charge on any atom is 0.231 e. The van der Waals surface area contributed by atoms with E-state index in [4.69, 9.17) is 19.2 Å². The number of amides is 1. The zero-order valence-corrected chi connectivity index (χ0v) is 18.9. The predicted octanol–water partition coefficient (Wildman–Crippen LogP) is 4.04. The number of ether oxygens (including phenoxy) is 3. The molecule has 172 valence electrons. The summed E-state index contributed by atoms with van der Waals surface area (Å²) in [4.78, 5) is 25.3. The lowest BCUT2D eigenvalue weighted by atomic mass is 10.1. The van der Waals surface area contributed by atoms with E-state index < -0.39 is 0 Å². The number of aromatic amines is 1. The van der Waals surface area contributed by atoms with Gasteiger partial charge in [-0.2, -0.15) is 0 Å². The van der Waals surface area contributed by atoms with Crippen LogP contribution in [0.25, 0.3) is 22.6 Å². The van der Waals surface area contributed by atoms with Crippen molar-refractivity contribution in [1.29, 1.82) is 0 Å². The summed E-state index contributed by atoms with van der Waals surface area (Å²) < 4.78 is 16.1. The first-order chi connectivity index (χ1) is 16.6. The molecule has 0 aliphatic carbocycles. The highest BCUT2D eigenvalue weighted by Gasteiger charge is 2.20. The zero-order valence-electron chi connectivity index (χ0n) is 18.9. The van der Waals surface area contributed by atoms with E-state index >= 15 is 0 Å². The second-order valence-corrected chi connectivity index (χ2v) is 7.94. The molecule has 0 spiro atoms. The van der Waals surface area contributed by atoms with Crippen LogP contribution in [0.3, 0.4) is 0 Å². The minimum absolute atomic E-state index is 0.0959. The number of rotatable bonds is 7. The highest BCUT2D eigenvalue weighted by atomic mass is 16.7. The van der Waals surface area contributed by atoms with Crippen molar-refractivity contribution in [3.05, 3.63) is 77.7 Å². The Hall–Kier alpha value is -4.33. The van der Waals surface area contributed by atoms with E-state index in [9.17, 15) is 4.79 Å². The lowest BCUT2D eigenvalue weighted by molar-refractivity contribution is -0.120. The normalized spacial score (nSPS) is 11.9. The van der Waals surface area contributed by atoms with Crippen LogP contribution in [0.4, 0.5) is 0 Å². The molecule has 34 heavy (non-hydrogen) atoms. The fraction of sp³-hybridized carbons (Fsp3) is 0.192. The maximum absolute atomic E-state index is 12.5. The van der Waals surface area contributed by atoms with Crippen LogP contribution in [0.2, 0.25) is 0 Å². The smallest absolute Gasteiger partial charge is 0.231 e. The summed E-state index contributed by atoms with van der Waals surface area (Å²) in [7, 11) is 1.61. The molecule has 0 fully saturated rings. The number of nitrogens with one attached hydrogen (secondary N) is 2. The molecule has 0 saturated heterocycles. The lowest BCUT2D eigenvalue weighted by Crippen LogP contribution is -2.25. The van der Waals surface area contributed by atoms with Crippen molar-refractivity contribution < 1.29 is 19.0 Å². The molecule has 0 atom stereocenters. The van der Waals surface area contributed by atoms with Crippen molar-refractivity contribution >= 4 is 5.91 Å². The van der Waals surface area contributed by atoms with Gasteiger partial charge >= 0.3 is 0 Å². The minimum atomic E-state index is -0.0959. The molecule has 0 bridgehead atoms. The van der Waals surface area contributed by atoms with Crippen LogP contribution in [0.5, 0.6) is 17.2 Å². The molecular formula is C26H24N4O4. The first-order valence-electron chi connectivity index (χ1n) is 10.9. The molecule has 8 nitrogen and oxygen atoms in total. The van der Waals surface area contributed by atoms with E-state index in [2.05, 4.69) is 15.3 Å². The highest BCUT2D eigenvalue weighted by Crippen LogP contribution is 2.38. The minimum Gasteiger partial charge on any atom is -0.497 e. The molecule has 2 N–H and O–H groups in total. The first-order valence-corrected chi connectivity index (χ1v) is 10.9. The number of hydrogen-bond acceptors (Lipinski definition) is 6. The standard InChI is InChI=1S/C26H24N4O4/c1-16-4-3-5-20(28-16)26-25(18-8-11-21-22(13-18)34-15-33-21)29-23(30-26)14-27-24(31)12-17-6-9-19(32-2)10-7-17/h3-11,13H,12,14-15H2,1-2H3,(H,27,31)(H,29,30). The van der Waals surface area contributed by atoms with Crippen molar-refractivity contribution in [2.45, 2.75) is 19.9 Å². The quantitative estimate of drug-likeness (QED) is 0.436. The molecule has 0 unspecified atom stereocenters. The summed E-state index contributed by atoms with van der Waals surface area (Å²) in [6, 6.07) is 19.0. The Kier molecular flexibility index (Phi) is 5.86. The van der Waals surface area contributed by atoms with Gasteiger partial charge in [0.2, 0.25) is 12.7 Å². The van der Waals surface area contributed by atoms with Crippen molar-refractivity contribution in [3.8, 4) is 39.9 Å². The average Bonchev–Trinajstić information content (AvgIpc) is 3.50. The monoisotopic (exact) mass is 456 g/mol. The van der Waals surface area contributed by atoms with Gasteiger partial charge in [-0.1, -0.05) is 18.2 Å². The molecule has 8 heteroatoms. The van der Waals surface area contributed by atoms with Crippen LogP contribution in [-0.4, -0.2) is 34.8 Å². The molecule has 5 rings (SSSR count). The lowest BCUT2D eigenvalue weighted by Gasteiger charge is -2.05. The van der Waals surface area contributed by atoms with Crippen LogP contribution in [0, 0.1) is 6.92 Å². The van der Waals surface area contributed by atoms with Gasteiger partial charge < -0.3 is 24.5 Å². The first kappa shape index (κ1) is 21.5. The Morgan fingerprint density at radius 3 is 2.68 bits per heavy atom. The third kappa shape index (κ3) is 4.56. The van der Waals surface area contributed by atoms with Gasteiger partial charge in [-0.3, -0.25) is 9.78 Å². The summed E-state index contributed by atoms with van der Waals surface area (Å²) in [5.41, 5.74) is 4.96. The Balaban J connectivity index is 1.38. The van der Waals surface area contributed by atoms with Gasteiger partial charge in [0.05, 0.1) is 37.2 Å². The Morgan fingerprint density at radius 1 is 1.06 bits per heavy atom. The number of nitrogens with zero attached hydrogens (tertiary/aromatic N) is 2. The molecular weight excluding hydrogens is 432 g/mol. The summed E-state index contributed by atoms with van der Waals surface area (Å²) in [6.07, 6.45) is 0.270. The summed E-state index contributed by atoms with van der Waals surface area (Å²) >= 11 is 0. The number of benzene rings is 2. The number of aryl methyl sites for hydroxylation is 1. The average molecular weight is 457 g/mol. The van der Waals surface area contributed by atoms with Crippen LogP contribution in [0.15, 0.2) is 60.7 Å². The predicted molar refractivity (Wildman–Crippen MR) is 127 cm³/mol. The summed E-state index contributed by atoms with van der Waals surface area (Å²) in [5, 5.41) is 2.94. The van der Waals surface area contributed by atoms with Crippen LogP contribution in [0.1, 0.15) is 17.1 Å². The molecule has 1 amide bonds. The number of H-pyrrole nitrogens is 1. The third-order valence-electron chi connectivity index (χ3n) is 5.52. The van der Waals surface area contributed by atoms with Gasteiger partial charge in [0, 0.05) is 11.3 Å². The number of aromatic nitrogens is 3. The van der Waals surface area contributed by atoms with Gasteiger partial charge in [-0.05, 0) is 55.0 Å². The molecule has 4 aromatic rings. The highest BCUT2D eigenvalue weighted by molar-refractivity contribution is 5.80. The Morgan fingerprint density at radius 2 is 1.88 bits per heavy atom. The van der Waals surface area contributed by atoms with Crippen molar-refractivity contribution in [3.63, 3.8) is 0 Å². The summed E-state index contributed by atoms with van der Waals surface area (Å²) in [5.74, 6) is 2.68. The Labute approximate surface area is 196 Å². The fourth-order valence-electron chi connectivity index (χ4n) is 3.80. The Bertz CT molecular complexity index is 1330. The van der Waals surface area contributed by atoms with Crippen LogP contribution >= 0.6 is 0 Å². The number of carbonyl (C=O) groups is 1. The molecule has 0 radical (unpaired) electrons. The number of hydrogen-bond donors (Lipinski definition) is 2. The van der Waals surface area contributed by atoms with Crippen molar-refractivity contribution in [1.82, 2.24) is 20.3 Å². The zero-order chi connectivity index (χ0) is 23.5. The van der Waals surface area contributed by atoms with Gasteiger partial charge in [-0.25, -0.2) is 4.98 Å². The van der Waals surface area contributed by atoms with E-state index in [1.807, 2.05) is 67.6 Å². The second kappa shape index (κ2) is 9.27. The molecule has 1 aliphatic heterocycles. The molecule has 0 saturated carbocycles. The fourth-order valence-corrected chi connectivity index (χ4v) is 3.80. The molecule has 2 aromatic heterocycles. The SMILES string of the molecule is COc1ccc(CC(=O)NCc2nc(-c3ccc4c(c3)OCO4)c(-c3cccc(C)n3)[nH]2)cc1. The second-order valence-electron chi connectivity index (χ2n) is 7.94. The van der Waals surface area contributed by atoms with E-state index in [0.29, 0.717) is 17.3 Å². The van der Waals surface area contributed by atoms with Crippen molar-refractivity contribution in [2.24, 2.45) is 0 Å². The van der Waals surface area contributed by atoms with E-state index in [0.717, 1.165) is 39.7 Å². The van der Waals surface area contributed by atoms with E-state index in [1.165, 1.54) is 0 Å². The van der Waals surface area contributed by atoms with E-state index in [-0.39, 0.29) is 25.7 Å². The maximum atomic E-state index is 12.5. The van der Waals surface area contributed by atoms with Crippen LogP contribution in [-0.2, 0) is 17.8 Å². The van der Waals surface area contributed by atoms with Gasteiger partial charge in [0.1, 0.15) is 11.6 Å². The van der Waals surface area contributed by atoms with E-state index in [1.54, 1.807) is 7.11 Å². The largest absolute Gasteiger partial charge is 0.497 e. The third-order valence-corrected chi connectivity index (χ3v) is 5.52.